The molecule has 5 rings (SSSR count). The van der Waals surface area contributed by atoms with Crippen LogP contribution >= 0.6 is 0 Å². The number of amides is 1. The van der Waals surface area contributed by atoms with E-state index in [-0.39, 0.29) is 10.8 Å². The number of aromatic nitrogens is 4. The van der Waals surface area contributed by atoms with Crippen molar-refractivity contribution in [3.05, 3.63) is 59.8 Å². The van der Waals surface area contributed by atoms with Gasteiger partial charge in [0.2, 0.25) is 17.8 Å². The maximum Gasteiger partial charge on any atom is 0.233 e. The van der Waals surface area contributed by atoms with Gasteiger partial charge >= 0.3 is 0 Å². The average molecular weight is 620 g/mol. The number of nitrogens with zero attached hydrogens (tertiary/aromatic N) is 5. The number of aryl methyl sites for hydroxylation is 1. The number of fused-ring (bicyclic) bond motifs is 1. The SMILES string of the molecule is CCCCC(=O)N1CCC(c2cc(OC)c(Nc3nc(Nc4ccccc4S(=O)(=O)C(C)C)n4nccc4n3)cc2C)CC1. The summed E-state index contributed by atoms with van der Waals surface area (Å²) in [6.45, 7) is 9.04. The van der Waals surface area contributed by atoms with Gasteiger partial charge in [0.05, 0.1) is 34.8 Å². The second kappa shape index (κ2) is 13.2. The van der Waals surface area contributed by atoms with Gasteiger partial charge < -0.3 is 20.3 Å². The molecule has 1 aliphatic rings. The molecule has 2 aromatic carbocycles. The minimum atomic E-state index is -3.55. The highest BCUT2D eigenvalue weighted by molar-refractivity contribution is 7.92. The summed E-state index contributed by atoms with van der Waals surface area (Å²) < 4.78 is 33.4. The quantitative estimate of drug-likeness (QED) is 0.207. The Balaban J connectivity index is 1.40. The molecule has 0 aliphatic carbocycles. The van der Waals surface area contributed by atoms with Crippen LogP contribution in [0, 0.1) is 6.92 Å². The number of nitrogens with one attached hydrogen (secondary N) is 2. The van der Waals surface area contributed by atoms with Crippen molar-refractivity contribution in [2.24, 2.45) is 0 Å². The van der Waals surface area contributed by atoms with E-state index in [1.165, 1.54) is 10.1 Å². The van der Waals surface area contributed by atoms with E-state index < -0.39 is 15.1 Å². The van der Waals surface area contributed by atoms with E-state index in [4.69, 9.17) is 4.74 Å². The van der Waals surface area contributed by atoms with Gasteiger partial charge in [-0.3, -0.25) is 4.79 Å². The van der Waals surface area contributed by atoms with Crippen LogP contribution in [0.5, 0.6) is 5.75 Å². The summed E-state index contributed by atoms with van der Waals surface area (Å²) in [5, 5.41) is 10.2. The van der Waals surface area contributed by atoms with Crippen LogP contribution in [0.25, 0.3) is 5.65 Å². The van der Waals surface area contributed by atoms with E-state index in [1.54, 1.807) is 57.5 Å². The Morgan fingerprint density at radius 1 is 1.07 bits per heavy atom. The molecule has 1 fully saturated rings. The number of sulfone groups is 1. The molecule has 0 bridgehead atoms. The Hall–Kier alpha value is -4.19. The minimum Gasteiger partial charge on any atom is -0.495 e. The molecule has 1 aliphatic heterocycles. The summed E-state index contributed by atoms with van der Waals surface area (Å²) in [4.78, 5) is 24.0. The fraction of sp³-hybridized carbons (Fsp3) is 0.438. The van der Waals surface area contributed by atoms with Crippen LogP contribution in [0.4, 0.5) is 23.3 Å². The molecule has 0 atom stereocenters. The lowest BCUT2D eigenvalue weighted by atomic mass is 9.86. The molecular weight excluding hydrogens is 578 g/mol. The molecule has 3 heterocycles. The topological polar surface area (TPSA) is 131 Å². The van der Waals surface area contributed by atoms with Gasteiger partial charge in [0.15, 0.2) is 15.5 Å². The highest BCUT2D eigenvalue weighted by Gasteiger charge is 2.26. The Bertz CT molecular complexity index is 1740. The molecule has 44 heavy (non-hydrogen) atoms. The second-order valence-electron chi connectivity index (χ2n) is 11.5. The van der Waals surface area contributed by atoms with E-state index >= 15 is 0 Å². The van der Waals surface area contributed by atoms with Crippen molar-refractivity contribution < 1.29 is 17.9 Å². The van der Waals surface area contributed by atoms with Crippen LogP contribution < -0.4 is 15.4 Å². The number of rotatable bonds is 11. The Labute approximate surface area is 259 Å². The van der Waals surface area contributed by atoms with Crippen LogP contribution in [-0.4, -0.2) is 64.3 Å². The lowest BCUT2D eigenvalue weighted by Gasteiger charge is -2.33. The van der Waals surface area contributed by atoms with Crippen LogP contribution in [0.15, 0.2) is 53.6 Å². The summed E-state index contributed by atoms with van der Waals surface area (Å²) in [5.74, 6) is 1.86. The monoisotopic (exact) mass is 619 g/mol. The van der Waals surface area contributed by atoms with Crippen LogP contribution in [0.1, 0.15) is 69.9 Å². The lowest BCUT2D eigenvalue weighted by molar-refractivity contribution is -0.132. The normalized spacial score (nSPS) is 14.3. The predicted molar refractivity (Wildman–Crippen MR) is 172 cm³/mol. The molecule has 0 unspecified atom stereocenters. The molecule has 11 nitrogen and oxygen atoms in total. The molecule has 1 amide bonds. The zero-order chi connectivity index (χ0) is 31.4. The fourth-order valence-electron chi connectivity index (χ4n) is 5.61. The molecule has 1 saturated heterocycles. The number of piperidine rings is 1. The molecule has 2 N–H and O–H groups in total. The summed E-state index contributed by atoms with van der Waals surface area (Å²) in [6, 6.07) is 12.6. The first-order valence-electron chi connectivity index (χ1n) is 15.2. The molecule has 4 aromatic rings. The van der Waals surface area contributed by atoms with E-state index in [2.05, 4.69) is 45.6 Å². The first-order chi connectivity index (χ1) is 21.1. The highest BCUT2D eigenvalue weighted by atomic mass is 32.2. The van der Waals surface area contributed by atoms with Crippen molar-refractivity contribution in [2.75, 3.05) is 30.8 Å². The Morgan fingerprint density at radius 3 is 2.52 bits per heavy atom. The fourth-order valence-corrected chi connectivity index (χ4v) is 6.81. The average Bonchev–Trinajstić information content (AvgIpc) is 3.49. The Kier molecular flexibility index (Phi) is 9.38. The van der Waals surface area contributed by atoms with Gasteiger partial charge in [-0.1, -0.05) is 25.5 Å². The molecule has 12 heteroatoms. The summed E-state index contributed by atoms with van der Waals surface area (Å²) in [6.07, 6.45) is 6.03. The van der Waals surface area contributed by atoms with Crippen molar-refractivity contribution in [2.45, 2.75) is 75.9 Å². The number of hydrogen-bond donors (Lipinski definition) is 2. The third-order valence-electron chi connectivity index (χ3n) is 8.18. The van der Waals surface area contributed by atoms with Gasteiger partial charge in [-0.15, -0.1) is 0 Å². The smallest absolute Gasteiger partial charge is 0.233 e. The van der Waals surface area contributed by atoms with E-state index in [9.17, 15) is 13.2 Å². The van der Waals surface area contributed by atoms with Gasteiger partial charge in [-0.2, -0.15) is 19.6 Å². The Morgan fingerprint density at radius 2 is 1.82 bits per heavy atom. The maximum atomic E-state index is 13.1. The number of benzene rings is 2. The molecule has 0 spiro atoms. The van der Waals surface area contributed by atoms with E-state index in [0.29, 0.717) is 47.0 Å². The van der Waals surface area contributed by atoms with Crippen molar-refractivity contribution in [1.82, 2.24) is 24.5 Å². The third-order valence-corrected chi connectivity index (χ3v) is 10.4. The van der Waals surface area contributed by atoms with Crippen molar-refractivity contribution in [3.8, 4) is 5.75 Å². The number of carbonyl (C=O) groups excluding carboxylic acids is 1. The first-order valence-corrected chi connectivity index (χ1v) is 16.7. The number of ether oxygens (including phenoxy) is 1. The number of methoxy groups -OCH3 is 1. The number of unbranched alkanes of at least 4 members (excludes halogenated alkanes) is 1. The van der Waals surface area contributed by atoms with Crippen molar-refractivity contribution >= 4 is 44.7 Å². The van der Waals surface area contributed by atoms with E-state index in [1.807, 2.05) is 11.0 Å². The highest BCUT2D eigenvalue weighted by Crippen LogP contribution is 2.38. The standard InChI is InChI=1S/C32H41N7O4S/c1-6-7-12-30(40)38-17-14-23(15-18-38)24-20-27(43-5)26(19-22(24)4)34-31-36-29-13-16-33-39(29)32(37-31)35-25-10-8-9-11-28(25)44(41,42)21(2)3/h8-11,13,16,19-21,23H,6-7,12,14-15,17-18H2,1-5H3,(H2,34,35,36,37). The van der Waals surface area contributed by atoms with Gasteiger partial charge in [0.25, 0.3) is 0 Å². The maximum absolute atomic E-state index is 13.1. The largest absolute Gasteiger partial charge is 0.495 e. The summed E-state index contributed by atoms with van der Waals surface area (Å²) in [7, 11) is -1.92. The third kappa shape index (κ3) is 6.50. The van der Waals surface area contributed by atoms with Crippen molar-refractivity contribution in [1.29, 1.82) is 0 Å². The molecule has 0 radical (unpaired) electrons. The number of para-hydroxylation sites is 1. The number of anilines is 4. The van der Waals surface area contributed by atoms with E-state index in [0.717, 1.165) is 44.3 Å². The van der Waals surface area contributed by atoms with Gasteiger partial charge in [0, 0.05) is 25.6 Å². The van der Waals surface area contributed by atoms with Crippen molar-refractivity contribution in [3.63, 3.8) is 0 Å². The van der Waals surface area contributed by atoms with Gasteiger partial charge in [-0.25, -0.2) is 8.42 Å². The summed E-state index contributed by atoms with van der Waals surface area (Å²) >= 11 is 0. The van der Waals surface area contributed by atoms with Gasteiger partial charge in [0.1, 0.15) is 5.75 Å². The summed E-state index contributed by atoms with van der Waals surface area (Å²) in [5.41, 5.74) is 3.96. The molecular formula is C32H41N7O4S. The lowest BCUT2D eigenvalue weighted by Crippen LogP contribution is -2.37. The molecule has 0 saturated carbocycles. The van der Waals surface area contributed by atoms with Crippen LogP contribution in [0.2, 0.25) is 0 Å². The zero-order valence-electron chi connectivity index (χ0n) is 26.0. The second-order valence-corrected chi connectivity index (χ2v) is 14.0. The predicted octanol–water partition coefficient (Wildman–Crippen LogP) is 6.01. The first kappa shape index (κ1) is 31.2. The van der Waals surface area contributed by atoms with Crippen LogP contribution in [-0.2, 0) is 14.6 Å². The van der Waals surface area contributed by atoms with Crippen LogP contribution in [0.3, 0.4) is 0 Å². The number of hydrogen-bond acceptors (Lipinski definition) is 9. The molecule has 2 aromatic heterocycles. The molecule has 234 valence electrons. The minimum absolute atomic E-state index is 0.187. The zero-order valence-corrected chi connectivity index (χ0v) is 26.8. The number of likely N-dealkylation sites (tertiary alicyclic amines) is 1. The number of carbonyl (C=O) groups is 1. The van der Waals surface area contributed by atoms with Gasteiger partial charge in [-0.05, 0) is 81.3 Å².